The van der Waals surface area contributed by atoms with Gasteiger partial charge in [0, 0.05) is 41.8 Å². The highest BCUT2D eigenvalue weighted by molar-refractivity contribution is 6.04. The van der Waals surface area contributed by atoms with Crippen LogP contribution in [0, 0.1) is 6.92 Å². The van der Waals surface area contributed by atoms with E-state index in [1.54, 1.807) is 32.4 Å². The van der Waals surface area contributed by atoms with Crippen molar-refractivity contribution in [1.29, 1.82) is 0 Å². The molecule has 0 spiro atoms. The van der Waals surface area contributed by atoms with E-state index in [0.717, 1.165) is 30.3 Å². The van der Waals surface area contributed by atoms with Crippen LogP contribution in [-0.4, -0.2) is 43.2 Å². The average Bonchev–Trinajstić information content (AvgIpc) is 2.85. The number of aryl methyl sites for hydroxylation is 1. The Labute approximate surface area is 194 Å². The van der Waals surface area contributed by atoms with Crippen molar-refractivity contribution in [3.05, 3.63) is 59.8 Å². The minimum absolute atomic E-state index is 0.232. The lowest BCUT2D eigenvalue weighted by molar-refractivity contribution is 0.102. The maximum atomic E-state index is 12.6. The number of anilines is 4. The SMILES string of the molecule is COc1ccc(C(=O)Nc2ccc(Nc3nc(C)cc(N4CCCCC4)n3)cc2)cc1OC. The van der Waals surface area contributed by atoms with E-state index in [1.165, 1.54) is 19.3 Å². The summed E-state index contributed by atoms with van der Waals surface area (Å²) in [5.74, 6) is 2.38. The van der Waals surface area contributed by atoms with Crippen LogP contribution in [0.5, 0.6) is 11.5 Å². The number of nitrogens with zero attached hydrogens (tertiary/aromatic N) is 3. The largest absolute Gasteiger partial charge is 0.493 e. The summed E-state index contributed by atoms with van der Waals surface area (Å²) in [6, 6.07) is 14.5. The Morgan fingerprint density at radius 1 is 0.879 bits per heavy atom. The highest BCUT2D eigenvalue weighted by Gasteiger charge is 2.14. The van der Waals surface area contributed by atoms with Crippen LogP contribution in [0.25, 0.3) is 0 Å². The standard InChI is InChI=1S/C25H29N5O3/c1-17-15-23(30-13-5-4-6-14-30)29-25(26-17)28-20-10-8-19(9-11-20)27-24(31)18-7-12-21(32-2)22(16-18)33-3/h7-12,15-16H,4-6,13-14H2,1-3H3,(H,27,31)(H,26,28,29). The molecule has 2 aromatic carbocycles. The average molecular weight is 448 g/mol. The van der Waals surface area contributed by atoms with Gasteiger partial charge in [-0.15, -0.1) is 0 Å². The van der Waals surface area contributed by atoms with Crippen LogP contribution in [0.2, 0.25) is 0 Å². The first-order valence-corrected chi connectivity index (χ1v) is 11.1. The molecule has 0 aliphatic carbocycles. The Kier molecular flexibility index (Phi) is 6.92. The molecule has 1 amide bonds. The van der Waals surface area contributed by atoms with Crippen molar-refractivity contribution in [2.24, 2.45) is 0 Å². The third-order valence-electron chi connectivity index (χ3n) is 5.57. The summed E-state index contributed by atoms with van der Waals surface area (Å²) in [5, 5.41) is 6.17. The molecule has 1 fully saturated rings. The van der Waals surface area contributed by atoms with Crippen LogP contribution in [-0.2, 0) is 0 Å². The lowest BCUT2D eigenvalue weighted by Crippen LogP contribution is -2.30. The second-order valence-corrected chi connectivity index (χ2v) is 7.97. The number of methoxy groups -OCH3 is 2. The van der Waals surface area contributed by atoms with E-state index in [-0.39, 0.29) is 5.91 Å². The van der Waals surface area contributed by atoms with E-state index in [0.29, 0.717) is 28.7 Å². The van der Waals surface area contributed by atoms with Crippen molar-refractivity contribution < 1.29 is 14.3 Å². The third-order valence-corrected chi connectivity index (χ3v) is 5.57. The molecule has 1 aromatic heterocycles. The van der Waals surface area contributed by atoms with Gasteiger partial charge in [0.05, 0.1) is 14.2 Å². The number of aromatic nitrogens is 2. The summed E-state index contributed by atoms with van der Waals surface area (Å²) in [4.78, 5) is 24.2. The van der Waals surface area contributed by atoms with Crippen molar-refractivity contribution in [2.75, 3.05) is 42.8 Å². The van der Waals surface area contributed by atoms with Gasteiger partial charge in [0.25, 0.3) is 5.91 Å². The Balaban J connectivity index is 1.42. The summed E-state index contributed by atoms with van der Waals surface area (Å²) in [5.41, 5.74) is 2.92. The fraction of sp³-hybridized carbons (Fsp3) is 0.320. The van der Waals surface area contributed by atoms with Crippen molar-refractivity contribution in [1.82, 2.24) is 9.97 Å². The smallest absolute Gasteiger partial charge is 0.255 e. The molecule has 4 rings (SSSR count). The molecule has 0 atom stereocenters. The van der Waals surface area contributed by atoms with Gasteiger partial charge < -0.3 is 25.0 Å². The Hall–Kier alpha value is -3.81. The number of piperidine rings is 1. The molecule has 0 unspecified atom stereocenters. The first-order chi connectivity index (χ1) is 16.1. The van der Waals surface area contributed by atoms with Gasteiger partial charge >= 0.3 is 0 Å². The molecule has 0 radical (unpaired) electrons. The molecule has 2 N–H and O–H groups in total. The minimum atomic E-state index is -0.232. The first-order valence-electron chi connectivity index (χ1n) is 11.1. The van der Waals surface area contributed by atoms with Gasteiger partial charge in [0.1, 0.15) is 5.82 Å². The van der Waals surface area contributed by atoms with Crippen molar-refractivity contribution in [3.63, 3.8) is 0 Å². The molecule has 3 aromatic rings. The molecule has 8 heteroatoms. The zero-order valence-electron chi connectivity index (χ0n) is 19.2. The van der Waals surface area contributed by atoms with Crippen molar-refractivity contribution >= 4 is 29.0 Å². The molecular formula is C25H29N5O3. The van der Waals surface area contributed by atoms with Gasteiger partial charge in [-0.1, -0.05) is 0 Å². The normalized spacial score (nSPS) is 13.4. The molecule has 172 valence electrons. The summed E-state index contributed by atoms with van der Waals surface area (Å²) in [6.07, 6.45) is 3.67. The Morgan fingerprint density at radius 3 is 2.27 bits per heavy atom. The van der Waals surface area contributed by atoms with Crippen LogP contribution in [0.4, 0.5) is 23.1 Å². The highest BCUT2D eigenvalue weighted by Crippen LogP contribution is 2.28. The van der Waals surface area contributed by atoms with Crippen LogP contribution < -0.4 is 25.0 Å². The van der Waals surface area contributed by atoms with Gasteiger partial charge in [0.2, 0.25) is 5.95 Å². The zero-order chi connectivity index (χ0) is 23.2. The van der Waals surface area contributed by atoms with Gasteiger partial charge in [-0.05, 0) is 68.7 Å². The summed E-state index contributed by atoms with van der Waals surface area (Å²) in [7, 11) is 3.10. The van der Waals surface area contributed by atoms with Crippen molar-refractivity contribution in [2.45, 2.75) is 26.2 Å². The maximum absolute atomic E-state index is 12.6. The predicted octanol–water partition coefficient (Wildman–Crippen LogP) is 4.79. The van der Waals surface area contributed by atoms with E-state index < -0.39 is 0 Å². The molecule has 1 aliphatic heterocycles. The predicted molar refractivity (Wildman–Crippen MR) is 130 cm³/mol. The summed E-state index contributed by atoms with van der Waals surface area (Å²) < 4.78 is 10.5. The van der Waals surface area contributed by atoms with Crippen molar-refractivity contribution in [3.8, 4) is 11.5 Å². The number of hydrogen-bond acceptors (Lipinski definition) is 7. The highest BCUT2D eigenvalue weighted by atomic mass is 16.5. The second kappa shape index (κ2) is 10.2. The molecule has 2 heterocycles. The third kappa shape index (κ3) is 5.52. The Morgan fingerprint density at radius 2 is 1.58 bits per heavy atom. The fourth-order valence-corrected chi connectivity index (χ4v) is 3.84. The van der Waals surface area contributed by atoms with Crippen LogP contribution in [0.15, 0.2) is 48.5 Å². The number of ether oxygens (including phenoxy) is 2. The number of benzene rings is 2. The van der Waals surface area contributed by atoms with E-state index in [9.17, 15) is 4.79 Å². The number of carbonyl (C=O) groups is 1. The Bertz CT molecular complexity index is 1110. The molecule has 0 saturated carbocycles. The number of amides is 1. The first kappa shape index (κ1) is 22.4. The topological polar surface area (TPSA) is 88.6 Å². The number of rotatable bonds is 7. The summed E-state index contributed by atoms with van der Waals surface area (Å²) >= 11 is 0. The monoisotopic (exact) mass is 447 g/mol. The van der Waals surface area contributed by atoms with Crippen LogP contribution in [0.1, 0.15) is 35.3 Å². The summed E-state index contributed by atoms with van der Waals surface area (Å²) in [6.45, 7) is 4.04. The molecule has 1 saturated heterocycles. The van der Waals surface area contributed by atoms with Gasteiger partial charge in [-0.3, -0.25) is 4.79 Å². The lowest BCUT2D eigenvalue weighted by atomic mass is 10.1. The quantitative estimate of drug-likeness (QED) is 0.538. The molecular weight excluding hydrogens is 418 g/mol. The van der Waals surface area contributed by atoms with E-state index in [1.807, 2.05) is 37.3 Å². The van der Waals surface area contributed by atoms with E-state index in [4.69, 9.17) is 14.5 Å². The molecule has 1 aliphatic rings. The van der Waals surface area contributed by atoms with Gasteiger partial charge in [-0.2, -0.15) is 4.98 Å². The number of nitrogens with one attached hydrogen (secondary N) is 2. The minimum Gasteiger partial charge on any atom is -0.493 e. The number of hydrogen-bond donors (Lipinski definition) is 2. The second-order valence-electron chi connectivity index (χ2n) is 7.97. The van der Waals surface area contributed by atoms with Gasteiger partial charge in [0.15, 0.2) is 11.5 Å². The maximum Gasteiger partial charge on any atom is 0.255 e. The fourth-order valence-electron chi connectivity index (χ4n) is 3.84. The lowest BCUT2D eigenvalue weighted by Gasteiger charge is -2.28. The molecule has 0 bridgehead atoms. The van der Waals surface area contributed by atoms with E-state index in [2.05, 4.69) is 20.5 Å². The van der Waals surface area contributed by atoms with Crippen LogP contribution >= 0.6 is 0 Å². The van der Waals surface area contributed by atoms with E-state index >= 15 is 0 Å². The van der Waals surface area contributed by atoms with Crippen LogP contribution in [0.3, 0.4) is 0 Å². The van der Waals surface area contributed by atoms with Gasteiger partial charge in [-0.25, -0.2) is 4.98 Å². The number of carbonyl (C=O) groups excluding carboxylic acids is 1. The molecule has 8 nitrogen and oxygen atoms in total. The molecule has 33 heavy (non-hydrogen) atoms. The zero-order valence-corrected chi connectivity index (χ0v) is 19.2.